The first-order valence-corrected chi connectivity index (χ1v) is 7.97. The van der Waals surface area contributed by atoms with Crippen molar-refractivity contribution in [2.24, 2.45) is 0 Å². The van der Waals surface area contributed by atoms with Crippen LogP contribution < -0.4 is 10.1 Å². The SMILES string of the molecule is COC(=O)N1CCCC(NC2CCc3c(OC)cccc32)C1. The highest BCUT2D eigenvalue weighted by Gasteiger charge is 2.30. The summed E-state index contributed by atoms with van der Waals surface area (Å²) in [6.45, 7) is 1.52. The Morgan fingerprint density at radius 3 is 2.95 bits per heavy atom. The first kappa shape index (κ1) is 15.2. The number of hydrogen-bond donors (Lipinski definition) is 1. The zero-order valence-corrected chi connectivity index (χ0v) is 13.3. The fourth-order valence-corrected chi connectivity index (χ4v) is 3.68. The first-order chi connectivity index (χ1) is 10.7. The van der Waals surface area contributed by atoms with Gasteiger partial charge in [0.1, 0.15) is 5.75 Å². The molecule has 1 aliphatic heterocycles. The van der Waals surface area contributed by atoms with E-state index in [-0.39, 0.29) is 6.09 Å². The molecule has 3 rings (SSSR count). The monoisotopic (exact) mass is 304 g/mol. The Morgan fingerprint density at radius 1 is 1.32 bits per heavy atom. The average Bonchev–Trinajstić information content (AvgIpc) is 2.97. The van der Waals surface area contributed by atoms with Gasteiger partial charge in [-0.1, -0.05) is 12.1 Å². The van der Waals surface area contributed by atoms with Crippen molar-refractivity contribution in [2.45, 2.75) is 37.8 Å². The molecule has 1 fully saturated rings. The molecule has 1 aromatic rings. The number of nitrogens with zero attached hydrogens (tertiary/aromatic N) is 1. The van der Waals surface area contributed by atoms with Crippen LogP contribution in [0.2, 0.25) is 0 Å². The van der Waals surface area contributed by atoms with Crippen LogP contribution in [0.4, 0.5) is 4.79 Å². The van der Waals surface area contributed by atoms with Crippen molar-refractivity contribution >= 4 is 6.09 Å². The zero-order chi connectivity index (χ0) is 15.5. The molecule has 0 saturated carbocycles. The Balaban J connectivity index is 1.67. The molecule has 5 heteroatoms. The maximum absolute atomic E-state index is 11.7. The third-order valence-corrected chi connectivity index (χ3v) is 4.74. The van der Waals surface area contributed by atoms with Crippen LogP contribution >= 0.6 is 0 Å². The highest BCUT2D eigenvalue weighted by Crippen LogP contribution is 2.37. The lowest BCUT2D eigenvalue weighted by atomic mass is 10.0. The molecule has 1 aromatic carbocycles. The van der Waals surface area contributed by atoms with Crippen LogP contribution in [0.15, 0.2) is 18.2 Å². The fraction of sp³-hybridized carbons (Fsp3) is 0.588. The maximum Gasteiger partial charge on any atom is 0.409 e. The summed E-state index contributed by atoms with van der Waals surface area (Å²) >= 11 is 0. The van der Waals surface area contributed by atoms with Crippen molar-refractivity contribution in [3.05, 3.63) is 29.3 Å². The summed E-state index contributed by atoms with van der Waals surface area (Å²) in [6, 6.07) is 6.95. The molecule has 2 atom stereocenters. The van der Waals surface area contributed by atoms with Gasteiger partial charge in [0, 0.05) is 25.2 Å². The van der Waals surface area contributed by atoms with Crippen molar-refractivity contribution in [1.82, 2.24) is 10.2 Å². The largest absolute Gasteiger partial charge is 0.496 e. The van der Waals surface area contributed by atoms with Gasteiger partial charge in [-0.3, -0.25) is 0 Å². The number of piperidine rings is 1. The van der Waals surface area contributed by atoms with Gasteiger partial charge in [0.2, 0.25) is 0 Å². The van der Waals surface area contributed by atoms with Gasteiger partial charge in [-0.05, 0) is 42.9 Å². The minimum absolute atomic E-state index is 0.222. The summed E-state index contributed by atoms with van der Waals surface area (Å²) in [5, 5.41) is 3.73. The molecule has 2 aliphatic rings. The lowest BCUT2D eigenvalue weighted by Gasteiger charge is -2.34. The van der Waals surface area contributed by atoms with E-state index in [0.29, 0.717) is 12.1 Å². The Morgan fingerprint density at radius 2 is 2.18 bits per heavy atom. The summed E-state index contributed by atoms with van der Waals surface area (Å²) < 4.78 is 10.3. The summed E-state index contributed by atoms with van der Waals surface area (Å²) in [4.78, 5) is 13.5. The zero-order valence-electron chi connectivity index (χ0n) is 13.3. The molecule has 1 heterocycles. The molecule has 1 aliphatic carbocycles. The third-order valence-electron chi connectivity index (χ3n) is 4.74. The van der Waals surface area contributed by atoms with E-state index in [4.69, 9.17) is 9.47 Å². The molecular weight excluding hydrogens is 280 g/mol. The minimum atomic E-state index is -0.222. The van der Waals surface area contributed by atoms with E-state index in [1.54, 1.807) is 12.0 Å². The predicted octanol–water partition coefficient (Wildman–Crippen LogP) is 2.50. The van der Waals surface area contributed by atoms with Gasteiger partial charge < -0.3 is 19.7 Å². The molecule has 5 nitrogen and oxygen atoms in total. The van der Waals surface area contributed by atoms with Crippen molar-refractivity contribution < 1.29 is 14.3 Å². The summed E-state index contributed by atoms with van der Waals surface area (Å²) in [6.07, 6.45) is 4.03. The number of amides is 1. The van der Waals surface area contributed by atoms with Gasteiger partial charge in [-0.25, -0.2) is 4.79 Å². The van der Waals surface area contributed by atoms with Crippen LogP contribution in [0, 0.1) is 0 Å². The smallest absolute Gasteiger partial charge is 0.409 e. The quantitative estimate of drug-likeness (QED) is 0.932. The summed E-state index contributed by atoms with van der Waals surface area (Å²) in [5.74, 6) is 0.988. The Kier molecular flexibility index (Phi) is 4.52. The molecule has 0 aromatic heterocycles. The summed E-state index contributed by atoms with van der Waals surface area (Å²) in [7, 11) is 3.17. The van der Waals surface area contributed by atoms with E-state index in [9.17, 15) is 4.79 Å². The average molecular weight is 304 g/mol. The summed E-state index contributed by atoms with van der Waals surface area (Å²) in [5.41, 5.74) is 2.66. The number of likely N-dealkylation sites (tertiary alicyclic amines) is 1. The lowest BCUT2D eigenvalue weighted by molar-refractivity contribution is 0.106. The highest BCUT2D eigenvalue weighted by atomic mass is 16.5. The molecule has 0 spiro atoms. The van der Waals surface area contributed by atoms with Crippen molar-refractivity contribution in [2.75, 3.05) is 27.3 Å². The van der Waals surface area contributed by atoms with Gasteiger partial charge in [0.05, 0.1) is 14.2 Å². The topological polar surface area (TPSA) is 50.8 Å². The molecule has 1 amide bonds. The van der Waals surface area contributed by atoms with Crippen LogP contribution in [0.25, 0.3) is 0 Å². The Labute approximate surface area is 131 Å². The van der Waals surface area contributed by atoms with Crippen LogP contribution in [0.3, 0.4) is 0 Å². The van der Waals surface area contributed by atoms with Crippen LogP contribution in [-0.2, 0) is 11.2 Å². The van der Waals surface area contributed by atoms with E-state index < -0.39 is 0 Å². The Hall–Kier alpha value is -1.75. The van der Waals surface area contributed by atoms with E-state index in [1.807, 2.05) is 6.07 Å². The van der Waals surface area contributed by atoms with Crippen molar-refractivity contribution in [3.8, 4) is 5.75 Å². The molecule has 0 bridgehead atoms. The minimum Gasteiger partial charge on any atom is -0.496 e. The number of methoxy groups -OCH3 is 2. The molecular formula is C17H24N2O3. The van der Waals surface area contributed by atoms with E-state index >= 15 is 0 Å². The number of rotatable bonds is 3. The standard InChI is InChI=1S/C17H24N2O3/c1-21-16-7-3-6-13-14(16)8-9-15(13)18-12-5-4-10-19(11-12)17(20)22-2/h3,6-7,12,15,18H,4-5,8-11H2,1-2H3. The van der Waals surface area contributed by atoms with E-state index in [0.717, 1.165) is 44.5 Å². The molecule has 2 unspecified atom stereocenters. The van der Waals surface area contributed by atoms with Crippen LogP contribution in [0.1, 0.15) is 36.4 Å². The normalized spacial score (nSPS) is 24.0. The predicted molar refractivity (Wildman–Crippen MR) is 84.2 cm³/mol. The lowest BCUT2D eigenvalue weighted by Crippen LogP contribution is -2.48. The van der Waals surface area contributed by atoms with Gasteiger partial charge in [0.15, 0.2) is 0 Å². The van der Waals surface area contributed by atoms with Crippen LogP contribution in [-0.4, -0.2) is 44.3 Å². The number of nitrogens with one attached hydrogen (secondary N) is 1. The molecule has 1 saturated heterocycles. The second-order valence-corrected chi connectivity index (χ2v) is 6.04. The van der Waals surface area contributed by atoms with Gasteiger partial charge >= 0.3 is 6.09 Å². The molecule has 22 heavy (non-hydrogen) atoms. The van der Waals surface area contributed by atoms with E-state index in [1.165, 1.54) is 18.2 Å². The van der Waals surface area contributed by atoms with Crippen molar-refractivity contribution in [3.63, 3.8) is 0 Å². The van der Waals surface area contributed by atoms with Gasteiger partial charge in [-0.2, -0.15) is 0 Å². The van der Waals surface area contributed by atoms with Gasteiger partial charge in [-0.15, -0.1) is 0 Å². The third kappa shape index (κ3) is 2.90. The maximum atomic E-state index is 11.7. The molecule has 0 radical (unpaired) electrons. The number of fused-ring (bicyclic) bond motifs is 1. The number of ether oxygens (including phenoxy) is 2. The second-order valence-electron chi connectivity index (χ2n) is 6.04. The second kappa shape index (κ2) is 6.57. The highest BCUT2D eigenvalue weighted by molar-refractivity contribution is 5.67. The number of carbonyl (C=O) groups excluding carboxylic acids is 1. The first-order valence-electron chi connectivity index (χ1n) is 7.97. The number of hydrogen-bond acceptors (Lipinski definition) is 4. The fourth-order valence-electron chi connectivity index (χ4n) is 3.68. The molecule has 120 valence electrons. The molecule has 1 N–H and O–H groups in total. The number of benzene rings is 1. The number of carbonyl (C=O) groups is 1. The van der Waals surface area contributed by atoms with Crippen molar-refractivity contribution in [1.29, 1.82) is 0 Å². The Bertz CT molecular complexity index is 547. The van der Waals surface area contributed by atoms with E-state index in [2.05, 4.69) is 17.4 Å². The van der Waals surface area contributed by atoms with Crippen LogP contribution in [0.5, 0.6) is 5.75 Å². The van der Waals surface area contributed by atoms with Gasteiger partial charge in [0.25, 0.3) is 0 Å².